The van der Waals surface area contributed by atoms with Crippen molar-refractivity contribution in [3.8, 4) is 0 Å². The maximum Gasteiger partial charge on any atom is 0.225 e. The van der Waals surface area contributed by atoms with Gasteiger partial charge in [0.2, 0.25) is 11.8 Å². The topological polar surface area (TPSA) is 43.9 Å². The maximum absolute atomic E-state index is 12.6. The zero-order chi connectivity index (χ0) is 16.7. The smallest absolute Gasteiger partial charge is 0.225 e. The van der Waals surface area contributed by atoms with Crippen molar-refractivity contribution in [3.63, 3.8) is 0 Å². The third kappa shape index (κ3) is 3.71. The fraction of sp³-hybridized carbons (Fsp3) is 0.667. The molecule has 2 amide bonds. The second-order valence-electron chi connectivity index (χ2n) is 7.27. The molecule has 0 radical (unpaired) electrons. The van der Waals surface area contributed by atoms with E-state index in [4.69, 9.17) is 0 Å². The van der Waals surface area contributed by atoms with E-state index >= 15 is 0 Å². The molecule has 2 saturated heterocycles. The van der Waals surface area contributed by atoms with Crippen LogP contribution in [-0.4, -0.2) is 65.3 Å². The van der Waals surface area contributed by atoms with Gasteiger partial charge in [-0.1, -0.05) is 0 Å². The number of nitrogens with zero attached hydrogens (tertiary/aromatic N) is 3. The number of carbonyl (C=O) groups excluding carboxylic acids is 2. The van der Waals surface area contributed by atoms with Crippen molar-refractivity contribution in [1.82, 2.24) is 14.7 Å². The van der Waals surface area contributed by atoms with Crippen LogP contribution in [0, 0.1) is 5.92 Å². The quantitative estimate of drug-likeness (QED) is 0.784. The van der Waals surface area contributed by atoms with Gasteiger partial charge in [-0.05, 0) is 36.3 Å². The minimum atomic E-state index is 0. The molecule has 0 aliphatic carbocycles. The van der Waals surface area contributed by atoms with E-state index in [1.165, 1.54) is 10.4 Å². The fourth-order valence-corrected chi connectivity index (χ4v) is 5.04. The zero-order valence-corrected chi connectivity index (χ0v) is 16.3. The standard InChI is InChI=1S/C18H25N3O2S.ClH/c1-13(22)19-6-2-14(3-7-19)18(23)21-11-16(12-21)20-8-4-17-15(10-20)5-9-24-17;/h5,9,14,16H,2-4,6-8,10-12H2,1H3;1H. The second-order valence-corrected chi connectivity index (χ2v) is 8.27. The summed E-state index contributed by atoms with van der Waals surface area (Å²) in [6.07, 6.45) is 2.80. The van der Waals surface area contributed by atoms with Gasteiger partial charge in [0.05, 0.1) is 0 Å². The average Bonchev–Trinajstić information content (AvgIpc) is 3.01. The lowest BCUT2D eigenvalue weighted by atomic mass is 9.92. The molecule has 0 atom stereocenters. The number of thiophene rings is 1. The first-order valence-corrected chi connectivity index (χ1v) is 9.83. The van der Waals surface area contributed by atoms with Crippen LogP contribution in [0.1, 0.15) is 30.2 Å². The summed E-state index contributed by atoms with van der Waals surface area (Å²) in [6, 6.07) is 2.77. The van der Waals surface area contributed by atoms with Crippen LogP contribution >= 0.6 is 23.7 Å². The first-order valence-electron chi connectivity index (χ1n) is 8.95. The van der Waals surface area contributed by atoms with Gasteiger partial charge in [-0.15, -0.1) is 23.7 Å². The van der Waals surface area contributed by atoms with Crippen LogP contribution < -0.4 is 0 Å². The molecule has 7 heteroatoms. The summed E-state index contributed by atoms with van der Waals surface area (Å²) in [7, 11) is 0. The summed E-state index contributed by atoms with van der Waals surface area (Å²) in [5, 5.41) is 2.19. The lowest BCUT2D eigenvalue weighted by molar-refractivity contribution is -0.146. The zero-order valence-electron chi connectivity index (χ0n) is 14.6. The molecule has 0 saturated carbocycles. The van der Waals surface area contributed by atoms with Crippen LogP contribution in [0.3, 0.4) is 0 Å². The highest BCUT2D eigenvalue weighted by Crippen LogP contribution is 2.29. The Kier molecular flexibility index (Phi) is 5.71. The summed E-state index contributed by atoms with van der Waals surface area (Å²) >= 11 is 1.87. The summed E-state index contributed by atoms with van der Waals surface area (Å²) < 4.78 is 0. The Morgan fingerprint density at radius 3 is 2.52 bits per heavy atom. The summed E-state index contributed by atoms with van der Waals surface area (Å²) in [6.45, 7) is 7.00. The number of carbonyl (C=O) groups is 2. The van der Waals surface area contributed by atoms with Crippen molar-refractivity contribution in [1.29, 1.82) is 0 Å². The predicted octanol–water partition coefficient (Wildman–Crippen LogP) is 2.00. The Bertz CT molecular complexity index is 636. The van der Waals surface area contributed by atoms with Gasteiger partial charge in [0, 0.05) is 63.0 Å². The maximum atomic E-state index is 12.6. The lowest BCUT2D eigenvalue weighted by Gasteiger charge is -2.48. The number of amides is 2. The molecule has 0 N–H and O–H groups in total. The minimum Gasteiger partial charge on any atom is -0.343 e. The number of fused-ring (bicyclic) bond motifs is 1. The van der Waals surface area contributed by atoms with E-state index in [0.29, 0.717) is 11.9 Å². The molecule has 1 aromatic heterocycles. The monoisotopic (exact) mass is 383 g/mol. The van der Waals surface area contributed by atoms with Crippen LogP contribution in [0.5, 0.6) is 0 Å². The Morgan fingerprint density at radius 1 is 1.12 bits per heavy atom. The first kappa shape index (κ1) is 18.7. The van der Waals surface area contributed by atoms with Crippen LogP contribution in [0.25, 0.3) is 0 Å². The number of piperidine rings is 1. The number of hydrogen-bond acceptors (Lipinski definition) is 4. The molecule has 3 aliphatic heterocycles. The van der Waals surface area contributed by atoms with Gasteiger partial charge in [-0.3, -0.25) is 14.5 Å². The van der Waals surface area contributed by atoms with Crippen molar-refractivity contribution < 1.29 is 9.59 Å². The molecule has 5 nitrogen and oxygen atoms in total. The van der Waals surface area contributed by atoms with Crippen LogP contribution in [0.15, 0.2) is 11.4 Å². The Morgan fingerprint density at radius 2 is 1.84 bits per heavy atom. The van der Waals surface area contributed by atoms with Gasteiger partial charge >= 0.3 is 0 Å². The minimum absolute atomic E-state index is 0. The molecule has 0 unspecified atom stereocenters. The number of rotatable bonds is 2. The fourth-order valence-electron chi connectivity index (χ4n) is 4.15. The number of likely N-dealkylation sites (tertiary alicyclic amines) is 2. The Labute approximate surface area is 159 Å². The average molecular weight is 384 g/mol. The van der Waals surface area contributed by atoms with Gasteiger partial charge in [0.25, 0.3) is 0 Å². The Hall–Kier alpha value is -1.11. The molecule has 2 fully saturated rings. The molecule has 4 rings (SSSR count). The van der Waals surface area contributed by atoms with E-state index in [9.17, 15) is 9.59 Å². The van der Waals surface area contributed by atoms with Gasteiger partial charge in [-0.2, -0.15) is 0 Å². The molecule has 138 valence electrons. The van der Waals surface area contributed by atoms with E-state index in [2.05, 4.69) is 16.3 Å². The molecule has 1 aromatic rings. The lowest BCUT2D eigenvalue weighted by Crippen LogP contribution is -2.63. The van der Waals surface area contributed by atoms with E-state index in [1.807, 2.05) is 21.1 Å². The summed E-state index contributed by atoms with van der Waals surface area (Å²) in [5.74, 6) is 0.553. The van der Waals surface area contributed by atoms with E-state index in [1.54, 1.807) is 6.92 Å². The highest BCUT2D eigenvalue weighted by atomic mass is 35.5. The van der Waals surface area contributed by atoms with Crippen molar-refractivity contribution in [2.24, 2.45) is 5.92 Å². The van der Waals surface area contributed by atoms with Crippen molar-refractivity contribution in [2.75, 3.05) is 32.7 Å². The number of halogens is 1. The molecule has 25 heavy (non-hydrogen) atoms. The summed E-state index contributed by atoms with van der Waals surface area (Å²) in [4.78, 5) is 32.0. The molecular formula is C18H26ClN3O2S. The highest BCUT2D eigenvalue weighted by Gasteiger charge is 2.39. The molecule has 3 aliphatic rings. The van der Waals surface area contributed by atoms with Gasteiger partial charge < -0.3 is 9.80 Å². The van der Waals surface area contributed by atoms with Gasteiger partial charge in [-0.25, -0.2) is 0 Å². The van der Waals surface area contributed by atoms with Crippen LogP contribution in [-0.2, 0) is 22.6 Å². The molecule has 0 aromatic carbocycles. The SMILES string of the molecule is CC(=O)N1CCC(C(=O)N2CC(N3CCc4sccc4C3)C2)CC1.Cl. The Balaban J connectivity index is 0.00000182. The third-order valence-electron chi connectivity index (χ3n) is 5.82. The molecule has 4 heterocycles. The van der Waals surface area contributed by atoms with E-state index < -0.39 is 0 Å². The third-order valence-corrected chi connectivity index (χ3v) is 6.84. The van der Waals surface area contributed by atoms with Crippen molar-refractivity contribution >= 4 is 35.6 Å². The highest BCUT2D eigenvalue weighted by molar-refractivity contribution is 7.10. The molecule has 0 bridgehead atoms. The van der Waals surface area contributed by atoms with Crippen molar-refractivity contribution in [2.45, 2.75) is 38.8 Å². The van der Waals surface area contributed by atoms with Crippen molar-refractivity contribution in [3.05, 3.63) is 21.9 Å². The van der Waals surface area contributed by atoms with E-state index in [-0.39, 0.29) is 24.2 Å². The molecule has 0 spiro atoms. The van der Waals surface area contributed by atoms with Gasteiger partial charge in [0.15, 0.2) is 0 Å². The molecular weight excluding hydrogens is 358 g/mol. The number of hydrogen-bond donors (Lipinski definition) is 0. The van der Waals surface area contributed by atoms with Crippen LogP contribution in [0.2, 0.25) is 0 Å². The first-order chi connectivity index (χ1) is 11.6. The second kappa shape index (κ2) is 7.64. The van der Waals surface area contributed by atoms with E-state index in [0.717, 1.165) is 58.5 Å². The summed E-state index contributed by atoms with van der Waals surface area (Å²) in [5.41, 5.74) is 1.48. The normalized spacial score (nSPS) is 22.1. The van der Waals surface area contributed by atoms with Gasteiger partial charge in [0.1, 0.15) is 0 Å². The van der Waals surface area contributed by atoms with Crippen LogP contribution in [0.4, 0.5) is 0 Å². The predicted molar refractivity (Wildman–Crippen MR) is 101 cm³/mol. The largest absolute Gasteiger partial charge is 0.343 e.